The molecule has 1 unspecified atom stereocenters. The number of likely N-dealkylation sites (N-methyl/N-ethyl adjacent to an activating group) is 1. The maximum Gasteiger partial charge on any atom is 0.0470 e. The van der Waals surface area contributed by atoms with Crippen LogP contribution in [0.3, 0.4) is 0 Å². The Morgan fingerprint density at radius 3 is 2.35 bits per heavy atom. The highest BCUT2D eigenvalue weighted by Crippen LogP contribution is 2.24. The lowest BCUT2D eigenvalue weighted by atomic mass is 10.00. The summed E-state index contributed by atoms with van der Waals surface area (Å²) in [7, 11) is 0. The standard InChI is InChI=1S/C18H26N2/c1-4-20(13-14(2)3)18(12-19)17-10-9-15-7-5-6-8-16(15)11-17/h5-11,14,18H,4,12-13,19H2,1-3H3. The third kappa shape index (κ3) is 3.38. The molecule has 0 aromatic heterocycles. The smallest absolute Gasteiger partial charge is 0.0470 e. The molecule has 2 aromatic carbocycles. The van der Waals surface area contributed by atoms with Crippen molar-refractivity contribution in [1.82, 2.24) is 4.90 Å². The van der Waals surface area contributed by atoms with Crippen LogP contribution in [0, 0.1) is 5.92 Å². The fourth-order valence-electron chi connectivity index (χ4n) is 2.86. The Morgan fingerprint density at radius 2 is 1.75 bits per heavy atom. The number of benzene rings is 2. The van der Waals surface area contributed by atoms with Crippen LogP contribution in [0.4, 0.5) is 0 Å². The molecular weight excluding hydrogens is 244 g/mol. The largest absolute Gasteiger partial charge is 0.329 e. The van der Waals surface area contributed by atoms with Crippen molar-refractivity contribution in [2.24, 2.45) is 11.7 Å². The number of hydrogen-bond acceptors (Lipinski definition) is 2. The molecular formula is C18H26N2. The molecule has 0 heterocycles. The van der Waals surface area contributed by atoms with Crippen LogP contribution in [0.15, 0.2) is 42.5 Å². The highest BCUT2D eigenvalue weighted by molar-refractivity contribution is 5.83. The van der Waals surface area contributed by atoms with Gasteiger partial charge in [0.05, 0.1) is 0 Å². The fourth-order valence-corrected chi connectivity index (χ4v) is 2.86. The van der Waals surface area contributed by atoms with Gasteiger partial charge in [-0.3, -0.25) is 4.90 Å². The van der Waals surface area contributed by atoms with E-state index < -0.39 is 0 Å². The lowest BCUT2D eigenvalue weighted by molar-refractivity contribution is 0.189. The molecule has 0 aliphatic carbocycles. The van der Waals surface area contributed by atoms with Gasteiger partial charge in [0.15, 0.2) is 0 Å². The number of nitrogens with zero attached hydrogens (tertiary/aromatic N) is 1. The monoisotopic (exact) mass is 270 g/mol. The molecule has 0 saturated heterocycles. The molecule has 0 fully saturated rings. The topological polar surface area (TPSA) is 29.3 Å². The van der Waals surface area contributed by atoms with E-state index in [1.807, 2.05) is 0 Å². The van der Waals surface area contributed by atoms with Gasteiger partial charge in [-0.25, -0.2) is 0 Å². The fraction of sp³-hybridized carbons (Fsp3) is 0.444. The van der Waals surface area contributed by atoms with Crippen LogP contribution in [0.2, 0.25) is 0 Å². The summed E-state index contributed by atoms with van der Waals surface area (Å²) in [6.45, 7) is 9.52. The van der Waals surface area contributed by atoms with Crippen molar-refractivity contribution >= 4 is 10.8 Å². The SMILES string of the molecule is CCN(CC(C)C)C(CN)c1ccc2ccccc2c1. The predicted molar refractivity (Wildman–Crippen MR) is 87.8 cm³/mol. The molecule has 0 amide bonds. The minimum absolute atomic E-state index is 0.312. The van der Waals surface area contributed by atoms with Gasteiger partial charge < -0.3 is 5.73 Å². The van der Waals surface area contributed by atoms with Crippen LogP contribution in [0.5, 0.6) is 0 Å². The number of rotatable bonds is 6. The molecule has 2 rings (SSSR count). The van der Waals surface area contributed by atoms with Crippen LogP contribution in [0.1, 0.15) is 32.4 Å². The van der Waals surface area contributed by atoms with E-state index in [1.54, 1.807) is 0 Å². The number of fused-ring (bicyclic) bond motifs is 1. The Hall–Kier alpha value is -1.38. The van der Waals surface area contributed by atoms with Gasteiger partial charge in [-0.15, -0.1) is 0 Å². The second-order valence-corrected chi connectivity index (χ2v) is 5.84. The van der Waals surface area contributed by atoms with Crippen LogP contribution < -0.4 is 5.73 Å². The highest BCUT2D eigenvalue weighted by atomic mass is 15.2. The molecule has 0 radical (unpaired) electrons. The Morgan fingerprint density at radius 1 is 1.05 bits per heavy atom. The average molecular weight is 270 g/mol. The summed E-state index contributed by atoms with van der Waals surface area (Å²) in [6, 6.07) is 15.5. The second-order valence-electron chi connectivity index (χ2n) is 5.84. The summed E-state index contributed by atoms with van der Waals surface area (Å²) in [4.78, 5) is 2.48. The van der Waals surface area contributed by atoms with E-state index in [1.165, 1.54) is 16.3 Å². The molecule has 2 N–H and O–H groups in total. The normalized spacial score (nSPS) is 13.3. The van der Waals surface area contributed by atoms with Crippen molar-refractivity contribution < 1.29 is 0 Å². The predicted octanol–water partition coefficient (Wildman–Crippen LogP) is 3.82. The van der Waals surface area contributed by atoms with Crippen molar-refractivity contribution in [3.63, 3.8) is 0 Å². The van der Waals surface area contributed by atoms with Gasteiger partial charge in [0, 0.05) is 19.1 Å². The number of nitrogens with two attached hydrogens (primary N) is 1. The van der Waals surface area contributed by atoms with Gasteiger partial charge in [0.1, 0.15) is 0 Å². The van der Waals surface area contributed by atoms with E-state index in [0.29, 0.717) is 18.5 Å². The van der Waals surface area contributed by atoms with Crippen molar-refractivity contribution in [3.8, 4) is 0 Å². The molecule has 20 heavy (non-hydrogen) atoms. The Kier molecular flexibility index (Phi) is 5.16. The van der Waals surface area contributed by atoms with E-state index in [4.69, 9.17) is 5.73 Å². The lowest BCUT2D eigenvalue weighted by Crippen LogP contribution is -2.36. The maximum absolute atomic E-state index is 6.06. The average Bonchev–Trinajstić information content (AvgIpc) is 2.46. The van der Waals surface area contributed by atoms with E-state index in [2.05, 4.69) is 68.1 Å². The zero-order valence-corrected chi connectivity index (χ0v) is 12.8. The highest BCUT2D eigenvalue weighted by Gasteiger charge is 2.18. The second kappa shape index (κ2) is 6.87. The summed E-state index contributed by atoms with van der Waals surface area (Å²) in [5.41, 5.74) is 7.39. The zero-order chi connectivity index (χ0) is 14.5. The van der Waals surface area contributed by atoms with Crippen LogP contribution in [-0.4, -0.2) is 24.5 Å². The maximum atomic E-state index is 6.06. The van der Waals surface area contributed by atoms with E-state index in [9.17, 15) is 0 Å². The molecule has 108 valence electrons. The molecule has 2 nitrogen and oxygen atoms in total. The Bertz CT molecular complexity index is 548. The molecule has 1 atom stereocenters. The van der Waals surface area contributed by atoms with Gasteiger partial charge in [0.2, 0.25) is 0 Å². The first-order chi connectivity index (χ1) is 9.65. The molecule has 2 heteroatoms. The molecule has 0 spiro atoms. The summed E-state index contributed by atoms with van der Waals surface area (Å²) in [5, 5.41) is 2.59. The first-order valence-corrected chi connectivity index (χ1v) is 7.58. The molecule has 0 saturated carbocycles. The van der Waals surface area contributed by atoms with Crippen molar-refractivity contribution in [2.75, 3.05) is 19.6 Å². The van der Waals surface area contributed by atoms with Gasteiger partial charge in [0.25, 0.3) is 0 Å². The van der Waals surface area contributed by atoms with Gasteiger partial charge in [-0.2, -0.15) is 0 Å². The molecule has 2 aromatic rings. The third-order valence-electron chi connectivity index (χ3n) is 3.83. The molecule has 0 aliphatic rings. The van der Waals surface area contributed by atoms with Crippen LogP contribution in [-0.2, 0) is 0 Å². The van der Waals surface area contributed by atoms with Crippen molar-refractivity contribution in [3.05, 3.63) is 48.0 Å². The van der Waals surface area contributed by atoms with E-state index >= 15 is 0 Å². The summed E-state index contributed by atoms with van der Waals surface area (Å²) in [6.07, 6.45) is 0. The lowest BCUT2D eigenvalue weighted by Gasteiger charge is -2.31. The first kappa shape index (κ1) is 15.0. The minimum atomic E-state index is 0.312. The number of hydrogen-bond donors (Lipinski definition) is 1. The van der Waals surface area contributed by atoms with E-state index in [-0.39, 0.29) is 0 Å². The van der Waals surface area contributed by atoms with Crippen LogP contribution >= 0.6 is 0 Å². The first-order valence-electron chi connectivity index (χ1n) is 7.58. The zero-order valence-electron chi connectivity index (χ0n) is 12.8. The molecule has 0 aliphatic heterocycles. The third-order valence-corrected chi connectivity index (χ3v) is 3.83. The summed E-state index contributed by atoms with van der Waals surface area (Å²) >= 11 is 0. The Balaban J connectivity index is 2.32. The van der Waals surface area contributed by atoms with E-state index in [0.717, 1.165) is 13.1 Å². The summed E-state index contributed by atoms with van der Waals surface area (Å²) in [5.74, 6) is 0.657. The molecule has 0 bridgehead atoms. The van der Waals surface area contributed by atoms with Gasteiger partial charge in [-0.05, 0) is 34.9 Å². The van der Waals surface area contributed by atoms with Crippen LogP contribution in [0.25, 0.3) is 10.8 Å². The minimum Gasteiger partial charge on any atom is -0.329 e. The van der Waals surface area contributed by atoms with Crippen molar-refractivity contribution in [2.45, 2.75) is 26.8 Å². The van der Waals surface area contributed by atoms with Gasteiger partial charge in [-0.1, -0.05) is 57.2 Å². The quantitative estimate of drug-likeness (QED) is 0.864. The van der Waals surface area contributed by atoms with Gasteiger partial charge >= 0.3 is 0 Å². The van der Waals surface area contributed by atoms with Crippen molar-refractivity contribution in [1.29, 1.82) is 0 Å². The summed E-state index contributed by atoms with van der Waals surface area (Å²) < 4.78 is 0. The Labute approximate surface area is 122 Å².